The highest BCUT2D eigenvalue weighted by atomic mass is 31.2. The molecule has 0 spiro atoms. The van der Waals surface area contributed by atoms with Crippen molar-refractivity contribution in [2.24, 2.45) is 0 Å². The predicted molar refractivity (Wildman–Crippen MR) is 126 cm³/mol. The number of hydrogen-bond donors (Lipinski definition) is 1. The minimum atomic E-state index is -3.48. The Morgan fingerprint density at radius 2 is 1.82 bits per heavy atom. The first-order valence-corrected chi connectivity index (χ1v) is 12.8. The second-order valence-electron chi connectivity index (χ2n) is 8.19. The van der Waals surface area contributed by atoms with Gasteiger partial charge in [0.15, 0.2) is 0 Å². The number of rotatable bonds is 8. The van der Waals surface area contributed by atoms with Gasteiger partial charge in [-0.25, -0.2) is 0 Å². The van der Waals surface area contributed by atoms with Crippen LogP contribution in [0, 0.1) is 0 Å². The molecule has 2 aromatic carbocycles. The summed E-state index contributed by atoms with van der Waals surface area (Å²) in [4.78, 5) is 45.3. The van der Waals surface area contributed by atoms with E-state index in [1.54, 1.807) is 51.2 Å². The van der Waals surface area contributed by atoms with Gasteiger partial charge in [0.2, 0.25) is 5.91 Å². The number of anilines is 1. The van der Waals surface area contributed by atoms with Gasteiger partial charge in [-0.2, -0.15) is 5.06 Å². The summed E-state index contributed by atoms with van der Waals surface area (Å²) in [5.74, 6) is -1.83. The van der Waals surface area contributed by atoms with Crippen LogP contribution in [0.5, 0.6) is 0 Å². The topological polar surface area (TPSA) is 114 Å². The first kappa shape index (κ1) is 24.5. The Bertz CT molecular complexity index is 1190. The van der Waals surface area contributed by atoms with Crippen LogP contribution >= 0.6 is 7.60 Å². The van der Waals surface area contributed by atoms with Crippen molar-refractivity contribution in [3.63, 3.8) is 0 Å². The average molecular weight is 489 g/mol. The van der Waals surface area contributed by atoms with Crippen LogP contribution in [-0.4, -0.2) is 66.4 Å². The van der Waals surface area contributed by atoms with Crippen molar-refractivity contribution in [2.75, 3.05) is 32.1 Å². The van der Waals surface area contributed by atoms with Crippen molar-refractivity contribution in [3.8, 4) is 0 Å². The van der Waals surface area contributed by atoms with Gasteiger partial charge in [-0.05, 0) is 37.4 Å². The monoisotopic (exact) mass is 489 g/mol. The molecule has 0 unspecified atom stereocenters. The molecule has 0 aromatic heterocycles. The van der Waals surface area contributed by atoms with Gasteiger partial charge < -0.3 is 14.4 Å². The Morgan fingerprint density at radius 1 is 1.15 bits per heavy atom. The number of nitrogens with zero attached hydrogens (tertiary/aromatic N) is 2. The quantitative estimate of drug-likeness (QED) is 0.442. The summed E-state index contributed by atoms with van der Waals surface area (Å²) in [6.45, 7) is 5.25. The SMILES string of the molecule is CCOP(=O)(OCC)[C@@H]1C[C@@H](CN2C(=O)c3cccc4cc(NC(C)=O)cc(c34)C2=O)ON1C. The molecule has 1 saturated heterocycles. The Hall–Kier alpha value is -2.62. The summed E-state index contributed by atoms with van der Waals surface area (Å²) in [5.41, 5.74) is 1.20. The number of benzene rings is 2. The van der Waals surface area contributed by atoms with Crippen molar-refractivity contribution < 1.29 is 32.8 Å². The van der Waals surface area contributed by atoms with E-state index in [2.05, 4.69) is 5.32 Å². The summed E-state index contributed by atoms with van der Waals surface area (Å²) in [5, 5.41) is 5.38. The van der Waals surface area contributed by atoms with Gasteiger partial charge in [-0.1, -0.05) is 12.1 Å². The Labute approximate surface area is 197 Å². The van der Waals surface area contributed by atoms with Gasteiger partial charge in [0.1, 0.15) is 5.78 Å². The zero-order valence-electron chi connectivity index (χ0n) is 19.6. The van der Waals surface area contributed by atoms with E-state index < -0.39 is 31.3 Å². The van der Waals surface area contributed by atoms with E-state index in [-0.39, 0.29) is 32.1 Å². The standard InChI is InChI=1S/C23H28N3O7P/c1-5-31-34(30,32-6-2)20-12-17(33-25(20)4)13-26-22(28)18-9-7-8-15-10-16(24-14(3)27)11-19(21(15)18)23(26)29/h7-11,17,20H,5-6,12-13H2,1-4H3,(H,24,27)/t17-,20+/m0/s1. The van der Waals surface area contributed by atoms with Gasteiger partial charge >= 0.3 is 7.60 Å². The summed E-state index contributed by atoms with van der Waals surface area (Å²) in [7, 11) is -1.85. The Morgan fingerprint density at radius 3 is 2.47 bits per heavy atom. The molecule has 4 rings (SSSR count). The number of carbonyl (C=O) groups excluding carboxylic acids is 3. The molecule has 1 N–H and O–H groups in total. The molecule has 2 aliphatic rings. The molecule has 3 amide bonds. The smallest absolute Gasteiger partial charge is 0.326 e. The zero-order valence-corrected chi connectivity index (χ0v) is 20.5. The molecule has 182 valence electrons. The van der Waals surface area contributed by atoms with Crippen molar-refractivity contribution in [1.82, 2.24) is 9.96 Å². The Balaban J connectivity index is 1.62. The number of nitrogens with one attached hydrogen (secondary N) is 1. The third-order valence-corrected chi connectivity index (χ3v) is 8.33. The molecule has 34 heavy (non-hydrogen) atoms. The van der Waals surface area contributed by atoms with Crippen molar-refractivity contribution >= 4 is 41.8 Å². The van der Waals surface area contributed by atoms with E-state index in [4.69, 9.17) is 13.9 Å². The van der Waals surface area contributed by atoms with Crippen molar-refractivity contribution in [1.29, 1.82) is 0 Å². The van der Waals surface area contributed by atoms with Crippen molar-refractivity contribution in [2.45, 2.75) is 39.1 Å². The fraction of sp³-hybridized carbons (Fsp3) is 0.435. The van der Waals surface area contributed by atoms with Crippen LogP contribution < -0.4 is 5.32 Å². The van der Waals surface area contributed by atoms with Gasteiger partial charge in [-0.3, -0.25) is 28.7 Å². The molecule has 2 heterocycles. The van der Waals surface area contributed by atoms with E-state index >= 15 is 0 Å². The van der Waals surface area contributed by atoms with Crippen LogP contribution in [0.25, 0.3) is 10.8 Å². The molecule has 2 aliphatic heterocycles. The maximum atomic E-state index is 13.4. The number of hydroxylamine groups is 2. The number of hydrogen-bond acceptors (Lipinski definition) is 8. The lowest BCUT2D eigenvalue weighted by molar-refractivity contribution is -0.137. The lowest BCUT2D eigenvalue weighted by Crippen LogP contribution is -2.44. The normalized spacial score (nSPS) is 20.9. The van der Waals surface area contributed by atoms with E-state index in [0.29, 0.717) is 27.6 Å². The van der Waals surface area contributed by atoms with E-state index in [1.807, 2.05) is 0 Å². The fourth-order valence-electron chi connectivity index (χ4n) is 4.54. The highest BCUT2D eigenvalue weighted by Gasteiger charge is 2.47. The largest absolute Gasteiger partial charge is 0.350 e. The maximum Gasteiger partial charge on any atom is 0.350 e. The summed E-state index contributed by atoms with van der Waals surface area (Å²) in [6, 6.07) is 8.52. The van der Waals surface area contributed by atoms with E-state index in [9.17, 15) is 18.9 Å². The van der Waals surface area contributed by atoms with Crippen LogP contribution in [0.1, 0.15) is 47.9 Å². The second kappa shape index (κ2) is 9.56. The number of amides is 3. The molecule has 1 fully saturated rings. The van der Waals surface area contributed by atoms with E-state index in [1.165, 1.54) is 12.0 Å². The van der Waals surface area contributed by atoms with Gasteiger partial charge in [-0.15, -0.1) is 0 Å². The summed E-state index contributed by atoms with van der Waals surface area (Å²) >= 11 is 0. The molecular formula is C23H28N3O7P. The zero-order chi connectivity index (χ0) is 24.6. The van der Waals surface area contributed by atoms with Gasteiger partial charge in [0, 0.05) is 37.0 Å². The van der Waals surface area contributed by atoms with Crippen molar-refractivity contribution in [3.05, 3.63) is 41.5 Å². The summed E-state index contributed by atoms with van der Waals surface area (Å²) < 4.78 is 24.2. The van der Waals surface area contributed by atoms with Gasteiger partial charge in [0.25, 0.3) is 11.8 Å². The Kier molecular flexibility index (Phi) is 6.89. The lowest BCUT2D eigenvalue weighted by Gasteiger charge is -2.29. The van der Waals surface area contributed by atoms with E-state index in [0.717, 1.165) is 4.90 Å². The first-order chi connectivity index (χ1) is 16.2. The predicted octanol–water partition coefficient (Wildman–Crippen LogP) is 3.62. The molecule has 10 nitrogen and oxygen atoms in total. The lowest BCUT2D eigenvalue weighted by atomic mass is 9.93. The highest BCUT2D eigenvalue weighted by molar-refractivity contribution is 7.54. The molecule has 11 heteroatoms. The van der Waals surface area contributed by atoms with Crippen LogP contribution in [-0.2, 0) is 23.2 Å². The molecule has 0 radical (unpaired) electrons. The first-order valence-electron chi connectivity index (χ1n) is 11.2. The van der Waals surface area contributed by atoms with Gasteiger partial charge in [0.05, 0.1) is 31.4 Å². The van der Waals surface area contributed by atoms with Crippen LogP contribution in [0.3, 0.4) is 0 Å². The third kappa shape index (κ3) is 4.39. The van der Waals surface area contributed by atoms with Crippen LogP contribution in [0.2, 0.25) is 0 Å². The summed E-state index contributed by atoms with van der Waals surface area (Å²) in [6.07, 6.45) is -0.329. The average Bonchev–Trinajstić information content (AvgIpc) is 3.15. The second-order valence-corrected chi connectivity index (χ2v) is 10.4. The molecule has 2 atom stereocenters. The third-order valence-electron chi connectivity index (χ3n) is 5.83. The molecular weight excluding hydrogens is 461 g/mol. The fourth-order valence-corrected chi connectivity index (χ4v) is 6.62. The maximum absolute atomic E-state index is 13.4. The van der Waals surface area contributed by atoms with Crippen LogP contribution in [0.15, 0.2) is 30.3 Å². The number of imide groups is 1. The molecule has 0 aliphatic carbocycles. The molecule has 2 aromatic rings. The number of carbonyl (C=O) groups is 3. The minimum absolute atomic E-state index is 0.0308. The highest BCUT2D eigenvalue weighted by Crippen LogP contribution is 2.57. The minimum Gasteiger partial charge on any atom is -0.326 e. The van der Waals surface area contributed by atoms with Crippen LogP contribution in [0.4, 0.5) is 5.69 Å². The molecule has 0 saturated carbocycles. The molecule has 0 bridgehead atoms.